The summed E-state index contributed by atoms with van der Waals surface area (Å²) in [5.74, 6) is 0.858. The highest BCUT2D eigenvalue weighted by atomic mass is 79.9. The SMILES string of the molecule is Fc1ccc(Oc2c(Cl)cccc2CBr)cc1. The Labute approximate surface area is 112 Å². The van der Waals surface area contributed by atoms with Crippen LogP contribution in [0.1, 0.15) is 5.56 Å². The molecular weight excluding hydrogens is 306 g/mol. The van der Waals surface area contributed by atoms with E-state index < -0.39 is 0 Å². The maximum absolute atomic E-state index is 12.8. The Morgan fingerprint density at radius 1 is 1.12 bits per heavy atom. The third-order valence-corrected chi connectivity index (χ3v) is 3.13. The standard InChI is InChI=1S/C13H9BrClFO/c14-8-9-2-1-3-12(15)13(9)17-11-6-4-10(16)5-7-11/h1-7H,8H2. The highest BCUT2D eigenvalue weighted by Crippen LogP contribution is 2.34. The first-order chi connectivity index (χ1) is 8.20. The van der Waals surface area contributed by atoms with Crippen molar-refractivity contribution in [3.05, 3.63) is 58.9 Å². The van der Waals surface area contributed by atoms with E-state index in [1.54, 1.807) is 18.2 Å². The quantitative estimate of drug-likeness (QED) is 0.710. The number of rotatable bonds is 3. The molecule has 4 heteroatoms. The predicted octanol–water partition coefficient (Wildman–Crippen LogP) is 5.17. The summed E-state index contributed by atoms with van der Waals surface area (Å²) in [7, 11) is 0. The van der Waals surface area contributed by atoms with E-state index in [0.29, 0.717) is 21.9 Å². The number of alkyl halides is 1. The summed E-state index contributed by atoms with van der Waals surface area (Å²) in [6.45, 7) is 0. The molecule has 0 N–H and O–H groups in total. The Bertz CT molecular complexity index is 513. The lowest BCUT2D eigenvalue weighted by atomic mass is 10.2. The molecule has 17 heavy (non-hydrogen) atoms. The van der Waals surface area contributed by atoms with Crippen LogP contribution in [0.2, 0.25) is 5.02 Å². The number of ether oxygens (including phenoxy) is 1. The zero-order chi connectivity index (χ0) is 12.3. The van der Waals surface area contributed by atoms with Crippen molar-refractivity contribution in [3.63, 3.8) is 0 Å². The number of para-hydroxylation sites is 1. The van der Waals surface area contributed by atoms with Crippen molar-refractivity contribution >= 4 is 27.5 Å². The van der Waals surface area contributed by atoms with Gasteiger partial charge in [0.25, 0.3) is 0 Å². The van der Waals surface area contributed by atoms with E-state index in [2.05, 4.69) is 15.9 Å². The smallest absolute Gasteiger partial charge is 0.150 e. The van der Waals surface area contributed by atoms with Gasteiger partial charge in [-0.3, -0.25) is 0 Å². The van der Waals surface area contributed by atoms with Crippen molar-refractivity contribution in [3.8, 4) is 11.5 Å². The number of hydrogen-bond donors (Lipinski definition) is 0. The topological polar surface area (TPSA) is 9.23 Å². The summed E-state index contributed by atoms with van der Waals surface area (Å²) >= 11 is 9.44. The molecular formula is C13H9BrClFO. The molecule has 0 aliphatic rings. The predicted molar refractivity (Wildman–Crippen MR) is 70.6 cm³/mol. The van der Waals surface area contributed by atoms with Crippen LogP contribution in [0.4, 0.5) is 4.39 Å². The zero-order valence-corrected chi connectivity index (χ0v) is 11.1. The summed E-state index contributed by atoms with van der Waals surface area (Å²) in [5.41, 5.74) is 0.946. The van der Waals surface area contributed by atoms with Crippen LogP contribution >= 0.6 is 27.5 Å². The van der Waals surface area contributed by atoms with Crippen LogP contribution in [0, 0.1) is 5.82 Å². The van der Waals surface area contributed by atoms with E-state index in [1.807, 2.05) is 12.1 Å². The molecule has 0 heterocycles. The second kappa shape index (κ2) is 5.52. The Kier molecular flexibility index (Phi) is 4.02. The lowest BCUT2D eigenvalue weighted by Gasteiger charge is -2.11. The molecule has 2 rings (SSSR count). The van der Waals surface area contributed by atoms with Gasteiger partial charge in [0, 0.05) is 10.9 Å². The van der Waals surface area contributed by atoms with Crippen LogP contribution in [-0.4, -0.2) is 0 Å². The van der Waals surface area contributed by atoms with Gasteiger partial charge in [0.15, 0.2) is 0 Å². The zero-order valence-electron chi connectivity index (χ0n) is 8.79. The third kappa shape index (κ3) is 2.99. The van der Waals surface area contributed by atoms with Crippen LogP contribution in [-0.2, 0) is 5.33 Å². The molecule has 0 saturated carbocycles. The molecule has 0 bridgehead atoms. The van der Waals surface area contributed by atoms with E-state index in [0.717, 1.165) is 5.56 Å². The number of halogens is 3. The second-order valence-electron chi connectivity index (χ2n) is 3.42. The van der Waals surface area contributed by atoms with Crippen molar-refractivity contribution in [2.75, 3.05) is 0 Å². The summed E-state index contributed by atoms with van der Waals surface area (Å²) in [6.07, 6.45) is 0. The van der Waals surface area contributed by atoms with Crippen LogP contribution < -0.4 is 4.74 Å². The Hall–Kier alpha value is -1.06. The number of hydrogen-bond acceptors (Lipinski definition) is 1. The molecule has 88 valence electrons. The first-order valence-corrected chi connectivity index (χ1v) is 6.47. The largest absolute Gasteiger partial charge is 0.455 e. The molecule has 0 spiro atoms. The van der Waals surface area contributed by atoms with Crippen molar-refractivity contribution in [1.82, 2.24) is 0 Å². The number of benzene rings is 2. The minimum atomic E-state index is -0.294. The van der Waals surface area contributed by atoms with Crippen LogP contribution in [0.15, 0.2) is 42.5 Å². The average Bonchev–Trinajstić information content (AvgIpc) is 2.34. The molecule has 0 aliphatic carbocycles. The minimum absolute atomic E-state index is 0.294. The first-order valence-electron chi connectivity index (χ1n) is 4.97. The average molecular weight is 316 g/mol. The maximum Gasteiger partial charge on any atom is 0.150 e. The Morgan fingerprint density at radius 3 is 2.47 bits per heavy atom. The van der Waals surface area contributed by atoms with Gasteiger partial charge < -0.3 is 4.74 Å². The first kappa shape index (κ1) is 12.4. The van der Waals surface area contributed by atoms with Crippen molar-refractivity contribution in [1.29, 1.82) is 0 Å². The third-order valence-electron chi connectivity index (χ3n) is 2.23. The van der Waals surface area contributed by atoms with Gasteiger partial charge in [0.1, 0.15) is 17.3 Å². The highest BCUT2D eigenvalue weighted by molar-refractivity contribution is 9.08. The lowest BCUT2D eigenvalue weighted by molar-refractivity contribution is 0.477. The van der Waals surface area contributed by atoms with Gasteiger partial charge in [-0.2, -0.15) is 0 Å². The van der Waals surface area contributed by atoms with Crippen LogP contribution in [0.25, 0.3) is 0 Å². The van der Waals surface area contributed by atoms with E-state index in [9.17, 15) is 4.39 Å². The molecule has 0 radical (unpaired) electrons. The van der Waals surface area contributed by atoms with Gasteiger partial charge in [-0.25, -0.2) is 4.39 Å². The molecule has 0 fully saturated rings. The molecule has 2 aromatic rings. The summed E-state index contributed by atoms with van der Waals surface area (Å²) in [5, 5.41) is 1.18. The van der Waals surface area contributed by atoms with Gasteiger partial charge in [-0.05, 0) is 30.3 Å². The van der Waals surface area contributed by atoms with Gasteiger partial charge in [-0.1, -0.05) is 39.7 Å². The van der Waals surface area contributed by atoms with E-state index in [-0.39, 0.29) is 5.82 Å². The molecule has 0 aromatic heterocycles. The van der Waals surface area contributed by atoms with E-state index >= 15 is 0 Å². The Morgan fingerprint density at radius 2 is 1.82 bits per heavy atom. The molecule has 1 nitrogen and oxygen atoms in total. The normalized spacial score (nSPS) is 10.3. The maximum atomic E-state index is 12.8. The fourth-order valence-corrected chi connectivity index (χ4v) is 2.07. The fraction of sp³-hybridized carbons (Fsp3) is 0.0769. The molecule has 0 atom stereocenters. The van der Waals surface area contributed by atoms with Crippen LogP contribution in [0.5, 0.6) is 11.5 Å². The molecule has 0 unspecified atom stereocenters. The van der Waals surface area contributed by atoms with Crippen molar-refractivity contribution in [2.45, 2.75) is 5.33 Å². The summed E-state index contributed by atoms with van der Waals surface area (Å²) < 4.78 is 18.4. The molecule has 0 saturated heterocycles. The molecule has 0 amide bonds. The lowest BCUT2D eigenvalue weighted by Crippen LogP contribution is -1.90. The van der Waals surface area contributed by atoms with Crippen molar-refractivity contribution in [2.24, 2.45) is 0 Å². The monoisotopic (exact) mass is 314 g/mol. The molecule has 0 aliphatic heterocycles. The minimum Gasteiger partial charge on any atom is -0.455 e. The van der Waals surface area contributed by atoms with Gasteiger partial charge in [-0.15, -0.1) is 0 Å². The summed E-state index contributed by atoms with van der Waals surface area (Å²) in [4.78, 5) is 0. The Balaban J connectivity index is 2.32. The second-order valence-corrected chi connectivity index (χ2v) is 4.39. The molecule has 2 aromatic carbocycles. The van der Waals surface area contributed by atoms with Crippen molar-refractivity contribution < 1.29 is 9.13 Å². The highest BCUT2D eigenvalue weighted by Gasteiger charge is 2.08. The van der Waals surface area contributed by atoms with Crippen LogP contribution in [0.3, 0.4) is 0 Å². The van der Waals surface area contributed by atoms with Gasteiger partial charge >= 0.3 is 0 Å². The van der Waals surface area contributed by atoms with Gasteiger partial charge in [0.05, 0.1) is 5.02 Å². The van der Waals surface area contributed by atoms with E-state index in [1.165, 1.54) is 12.1 Å². The van der Waals surface area contributed by atoms with E-state index in [4.69, 9.17) is 16.3 Å². The fourth-order valence-electron chi connectivity index (χ4n) is 1.39. The van der Waals surface area contributed by atoms with Gasteiger partial charge in [0.2, 0.25) is 0 Å². The summed E-state index contributed by atoms with van der Waals surface area (Å²) in [6, 6.07) is 11.4.